The van der Waals surface area contributed by atoms with Crippen LogP contribution in [0.3, 0.4) is 0 Å². The molecule has 1 aliphatic heterocycles. The largest absolute Gasteiger partial charge is 0.349 e. The molecule has 1 saturated heterocycles. The van der Waals surface area contributed by atoms with Crippen LogP contribution in [-0.4, -0.2) is 65.8 Å². The summed E-state index contributed by atoms with van der Waals surface area (Å²) in [5.74, 6) is -2.08. The van der Waals surface area contributed by atoms with E-state index in [9.17, 15) is 23.2 Å². The van der Waals surface area contributed by atoms with Gasteiger partial charge in [-0.15, -0.1) is 0 Å². The van der Waals surface area contributed by atoms with E-state index in [0.29, 0.717) is 49.4 Å². The summed E-state index contributed by atoms with van der Waals surface area (Å²) in [6.07, 6.45) is 1.98. The van der Waals surface area contributed by atoms with Gasteiger partial charge in [0.15, 0.2) is 0 Å². The third-order valence-electron chi connectivity index (χ3n) is 7.72. The molecular formula is C35H42F2N4O3. The summed E-state index contributed by atoms with van der Waals surface area (Å²) in [6, 6.07) is 16.8. The molecule has 1 unspecified atom stereocenters. The van der Waals surface area contributed by atoms with Crippen LogP contribution in [-0.2, 0) is 17.8 Å². The quantitative estimate of drug-likeness (QED) is 0.279. The van der Waals surface area contributed by atoms with Gasteiger partial charge < -0.3 is 20.4 Å². The second kappa shape index (κ2) is 15.6. The molecule has 3 aromatic rings. The molecule has 7 nitrogen and oxygen atoms in total. The average Bonchev–Trinajstić information content (AvgIpc) is 2.98. The van der Waals surface area contributed by atoms with Gasteiger partial charge in [-0.3, -0.25) is 14.4 Å². The second-order valence-electron chi connectivity index (χ2n) is 11.5. The van der Waals surface area contributed by atoms with Crippen molar-refractivity contribution in [3.8, 4) is 0 Å². The van der Waals surface area contributed by atoms with Gasteiger partial charge in [-0.05, 0) is 79.6 Å². The highest BCUT2D eigenvalue weighted by atomic mass is 19.1. The van der Waals surface area contributed by atoms with Crippen molar-refractivity contribution < 1.29 is 23.2 Å². The molecule has 2 N–H and O–H groups in total. The number of halogens is 2. The van der Waals surface area contributed by atoms with Crippen molar-refractivity contribution in [1.29, 1.82) is 0 Å². The molecule has 0 bridgehead atoms. The normalized spacial score (nSPS) is 15.6. The van der Waals surface area contributed by atoms with E-state index in [0.717, 1.165) is 30.0 Å². The smallest absolute Gasteiger partial charge is 0.253 e. The first kappa shape index (κ1) is 32.8. The molecule has 0 aromatic heterocycles. The van der Waals surface area contributed by atoms with Gasteiger partial charge in [-0.2, -0.15) is 0 Å². The molecule has 44 heavy (non-hydrogen) atoms. The Morgan fingerprint density at radius 1 is 0.955 bits per heavy atom. The number of hydrogen-bond donors (Lipinski definition) is 2. The zero-order valence-corrected chi connectivity index (χ0v) is 25.7. The SMILES string of the molecule is CCCN(CCC)C(=O)c1cc(C)cc(C(=O)N[C@@H](Cc2cc(F)cc(F)c2)CC2NCCN(Cc3ccccc3)C2=O)c1. The van der Waals surface area contributed by atoms with Crippen molar-refractivity contribution in [1.82, 2.24) is 20.4 Å². The van der Waals surface area contributed by atoms with Crippen molar-refractivity contribution in [2.24, 2.45) is 0 Å². The second-order valence-corrected chi connectivity index (χ2v) is 11.5. The third kappa shape index (κ3) is 8.95. The van der Waals surface area contributed by atoms with Gasteiger partial charge >= 0.3 is 0 Å². The Hall–Kier alpha value is -4.11. The number of carbonyl (C=O) groups excluding carboxylic acids is 3. The van der Waals surface area contributed by atoms with E-state index in [1.807, 2.05) is 51.1 Å². The number of nitrogens with one attached hydrogen (secondary N) is 2. The molecular weight excluding hydrogens is 562 g/mol. The number of carbonyl (C=O) groups is 3. The molecule has 3 aromatic carbocycles. The van der Waals surface area contributed by atoms with Crippen LogP contribution in [0.5, 0.6) is 0 Å². The number of piperazine rings is 1. The first-order chi connectivity index (χ1) is 21.2. The Bertz CT molecular complexity index is 1420. The third-order valence-corrected chi connectivity index (χ3v) is 7.72. The van der Waals surface area contributed by atoms with E-state index in [1.165, 1.54) is 12.1 Å². The Balaban J connectivity index is 1.56. The Labute approximate surface area is 258 Å². The van der Waals surface area contributed by atoms with E-state index in [-0.39, 0.29) is 24.7 Å². The Morgan fingerprint density at radius 3 is 2.27 bits per heavy atom. The zero-order chi connectivity index (χ0) is 31.6. The summed E-state index contributed by atoms with van der Waals surface area (Å²) in [6.45, 7) is 8.70. The first-order valence-corrected chi connectivity index (χ1v) is 15.4. The van der Waals surface area contributed by atoms with Gasteiger partial charge in [-0.1, -0.05) is 44.2 Å². The maximum Gasteiger partial charge on any atom is 0.253 e. The summed E-state index contributed by atoms with van der Waals surface area (Å²) in [7, 11) is 0. The van der Waals surface area contributed by atoms with Gasteiger partial charge in [-0.25, -0.2) is 8.78 Å². The van der Waals surface area contributed by atoms with Gasteiger partial charge in [0.25, 0.3) is 11.8 Å². The van der Waals surface area contributed by atoms with Crippen molar-refractivity contribution in [2.75, 3.05) is 26.2 Å². The van der Waals surface area contributed by atoms with Crippen LogP contribution in [0, 0.1) is 18.6 Å². The van der Waals surface area contributed by atoms with Crippen LogP contribution in [0.15, 0.2) is 66.7 Å². The fourth-order valence-corrected chi connectivity index (χ4v) is 5.77. The average molecular weight is 605 g/mol. The van der Waals surface area contributed by atoms with E-state index in [1.54, 1.807) is 28.0 Å². The zero-order valence-electron chi connectivity index (χ0n) is 25.7. The van der Waals surface area contributed by atoms with Crippen molar-refractivity contribution in [2.45, 2.75) is 65.1 Å². The minimum atomic E-state index is -0.712. The lowest BCUT2D eigenvalue weighted by atomic mass is 9.96. The monoisotopic (exact) mass is 604 g/mol. The van der Waals surface area contributed by atoms with E-state index < -0.39 is 29.6 Å². The van der Waals surface area contributed by atoms with Crippen LogP contribution in [0.25, 0.3) is 0 Å². The highest BCUT2D eigenvalue weighted by Crippen LogP contribution is 2.18. The maximum atomic E-state index is 14.1. The number of rotatable bonds is 13. The minimum Gasteiger partial charge on any atom is -0.349 e. The van der Waals surface area contributed by atoms with E-state index >= 15 is 0 Å². The van der Waals surface area contributed by atoms with Crippen LogP contribution < -0.4 is 10.6 Å². The molecule has 3 amide bonds. The maximum absolute atomic E-state index is 14.1. The Kier molecular flexibility index (Phi) is 11.6. The lowest BCUT2D eigenvalue weighted by Gasteiger charge is -2.35. The fraction of sp³-hybridized carbons (Fsp3) is 0.400. The standard InChI is InChI=1S/C35H42F2N4O3/c1-4-12-40(13-5-2)34(43)28-16-24(3)15-27(20-28)33(42)39-31(19-26-17-29(36)21-30(37)18-26)22-32-35(44)41(14-11-38-32)23-25-9-7-6-8-10-25/h6-10,15-18,20-21,31-32,38H,4-5,11-14,19,22-23H2,1-3H3,(H,39,42)/t31-,32?/m0/s1. The Morgan fingerprint density at radius 2 is 1.61 bits per heavy atom. The summed E-state index contributed by atoms with van der Waals surface area (Å²) in [5.41, 5.74) is 2.89. The van der Waals surface area contributed by atoms with E-state index in [4.69, 9.17) is 0 Å². The molecule has 0 saturated carbocycles. The molecule has 234 valence electrons. The lowest BCUT2D eigenvalue weighted by Crippen LogP contribution is -2.56. The van der Waals surface area contributed by atoms with Gasteiger partial charge in [0.05, 0.1) is 6.04 Å². The molecule has 1 fully saturated rings. The van der Waals surface area contributed by atoms with Crippen molar-refractivity contribution in [3.63, 3.8) is 0 Å². The summed E-state index contributed by atoms with van der Waals surface area (Å²) < 4.78 is 28.2. The summed E-state index contributed by atoms with van der Waals surface area (Å²) in [4.78, 5) is 44.1. The van der Waals surface area contributed by atoms with Crippen LogP contribution in [0.2, 0.25) is 0 Å². The number of amides is 3. The van der Waals surface area contributed by atoms with Gasteiger partial charge in [0, 0.05) is 56.0 Å². The molecule has 0 spiro atoms. The number of benzene rings is 3. The molecule has 2 atom stereocenters. The predicted octanol–water partition coefficient (Wildman–Crippen LogP) is 5.27. The highest BCUT2D eigenvalue weighted by molar-refractivity contribution is 6.00. The number of hydrogen-bond acceptors (Lipinski definition) is 4. The molecule has 4 rings (SSSR count). The van der Waals surface area contributed by atoms with Crippen molar-refractivity contribution >= 4 is 17.7 Å². The molecule has 0 aliphatic carbocycles. The molecule has 1 aliphatic rings. The molecule has 1 heterocycles. The summed E-state index contributed by atoms with van der Waals surface area (Å²) >= 11 is 0. The molecule has 9 heteroatoms. The van der Waals surface area contributed by atoms with Crippen LogP contribution in [0.1, 0.15) is 70.5 Å². The molecule has 0 radical (unpaired) electrons. The van der Waals surface area contributed by atoms with Gasteiger partial charge in [0.1, 0.15) is 11.6 Å². The fourth-order valence-electron chi connectivity index (χ4n) is 5.77. The topological polar surface area (TPSA) is 81.8 Å². The number of aryl methyl sites for hydroxylation is 1. The predicted molar refractivity (Wildman–Crippen MR) is 167 cm³/mol. The minimum absolute atomic E-state index is 0.0971. The lowest BCUT2D eigenvalue weighted by molar-refractivity contribution is -0.136. The van der Waals surface area contributed by atoms with E-state index in [2.05, 4.69) is 10.6 Å². The summed E-state index contributed by atoms with van der Waals surface area (Å²) in [5, 5.41) is 6.27. The number of nitrogens with zero attached hydrogens (tertiary/aromatic N) is 2. The highest BCUT2D eigenvalue weighted by Gasteiger charge is 2.31. The first-order valence-electron chi connectivity index (χ1n) is 15.4. The van der Waals surface area contributed by atoms with Crippen LogP contribution in [0.4, 0.5) is 8.78 Å². The van der Waals surface area contributed by atoms with Crippen LogP contribution >= 0.6 is 0 Å². The van der Waals surface area contributed by atoms with Gasteiger partial charge in [0.2, 0.25) is 5.91 Å². The van der Waals surface area contributed by atoms with Crippen molar-refractivity contribution in [3.05, 3.63) is 106 Å².